The summed E-state index contributed by atoms with van der Waals surface area (Å²) in [6.45, 7) is 0.702. The van der Waals surface area contributed by atoms with E-state index < -0.39 is 17.8 Å². The maximum absolute atomic E-state index is 12.1. The van der Waals surface area contributed by atoms with Crippen LogP contribution in [0.3, 0.4) is 0 Å². The fraction of sp³-hybridized carbons (Fsp3) is 0.267. The van der Waals surface area contributed by atoms with Crippen LogP contribution in [0.15, 0.2) is 30.5 Å². The maximum Gasteiger partial charge on any atom is 0.385 e. The van der Waals surface area contributed by atoms with E-state index in [0.29, 0.717) is 17.5 Å². The van der Waals surface area contributed by atoms with Crippen molar-refractivity contribution >= 4 is 17.8 Å². The van der Waals surface area contributed by atoms with Crippen molar-refractivity contribution in [1.29, 1.82) is 0 Å². The number of carbonyl (C=O) groups excluding carboxylic acids is 3. The van der Waals surface area contributed by atoms with Gasteiger partial charge < -0.3 is 4.84 Å². The molecule has 8 nitrogen and oxygen atoms in total. The normalized spacial score (nSPS) is 16.6. The Morgan fingerprint density at radius 3 is 2.43 bits per heavy atom. The van der Waals surface area contributed by atoms with Crippen molar-refractivity contribution in [1.82, 2.24) is 20.1 Å². The van der Waals surface area contributed by atoms with E-state index >= 15 is 0 Å². The molecular formula is C15H12N4O4. The summed E-state index contributed by atoms with van der Waals surface area (Å²) >= 11 is 0. The first kappa shape index (κ1) is 13.6. The molecule has 2 aromatic rings. The Balaban J connectivity index is 1.49. The summed E-state index contributed by atoms with van der Waals surface area (Å²) in [4.78, 5) is 41.2. The van der Waals surface area contributed by atoms with Gasteiger partial charge in [-0.25, -0.2) is 4.79 Å². The van der Waals surface area contributed by atoms with Crippen LogP contribution in [0.2, 0.25) is 0 Å². The molecule has 1 aromatic carbocycles. The average Bonchev–Trinajstić information content (AvgIpc) is 3.19. The molecule has 2 amide bonds. The minimum atomic E-state index is -0.887. The lowest BCUT2D eigenvalue weighted by Gasteiger charge is -2.11. The summed E-state index contributed by atoms with van der Waals surface area (Å²) in [6.07, 6.45) is 3.75. The third-order valence-electron chi connectivity index (χ3n) is 3.82. The molecule has 4 rings (SSSR count). The molecule has 0 spiro atoms. The zero-order valence-corrected chi connectivity index (χ0v) is 12.0. The second-order valence-corrected chi connectivity index (χ2v) is 5.60. The van der Waals surface area contributed by atoms with Crippen LogP contribution in [0.25, 0.3) is 0 Å². The number of rotatable bonds is 4. The summed E-state index contributed by atoms with van der Waals surface area (Å²) < 4.78 is 1.57. The Morgan fingerprint density at radius 1 is 1.17 bits per heavy atom. The van der Waals surface area contributed by atoms with Gasteiger partial charge in [-0.2, -0.15) is 0 Å². The van der Waals surface area contributed by atoms with E-state index in [1.165, 1.54) is 18.3 Å². The van der Waals surface area contributed by atoms with E-state index in [1.807, 2.05) is 0 Å². The molecule has 2 aliphatic rings. The molecule has 0 saturated heterocycles. The Kier molecular flexibility index (Phi) is 2.97. The fourth-order valence-electron chi connectivity index (χ4n) is 2.43. The van der Waals surface area contributed by atoms with Gasteiger partial charge in [0, 0.05) is 6.54 Å². The number of nitrogens with zero attached hydrogens (tertiary/aromatic N) is 4. The van der Waals surface area contributed by atoms with Gasteiger partial charge in [0.1, 0.15) is 0 Å². The highest BCUT2D eigenvalue weighted by atomic mass is 16.7. The predicted molar refractivity (Wildman–Crippen MR) is 75.1 cm³/mol. The third kappa shape index (κ3) is 2.37. The van der Waals surface area contributed by atoms with Crippen LogP contribution in [0, 0.1) is 5.92 Å². The molecule has 8 heteroatoms. The Morgan fingerprint density at radius 2 is 1.83 bits per heavy atom. The van der Waals surface area contributed by atoms with Crippen molar-refractivity contribution < 1.29 is 19.2 Å². The van der Waals surface area contributed by atoms with Crippen LogP contribution >= 0.6 is 0 Å². The second-order valence-electron chi connectivity index (χ2n) is 5.60. The Bertz CT molecular complexity index is 789. The van der Waals surface area contributed by atoms with Crippen LogP contribution in [0.4, 0.5) is 0 Å². The fourth-order valence-corrected chi connectivity index (χ4v) is 2.43. The van der Waals surface area contributed by atoms with Crippen molar-refractivity contribution in [2.75, 3.05) is 0 Å². The van der Waals surface area contributed by atoms with Crippen molar-refractivity contribution in [3.63, 3.8) is 0 Å². The van der Waals surface area contributed by atoms with Gasteiger partial charge in [-0.3, -0.25) is 14.3 Å². The van der Waals surface area contributed by atoms with Gasteiger partial charge in [0.15, 0.2) is 5.69 Å². The first-order valence-electron chi connectivity index (χ1n) is 7.24. The van der Waals surface area contributed by atoms with Gasteiger partial charge in [-0.05, 0) is 30.9 Å². The predicted octanol–water partition coefficient (Wildman–Crippen LogP) is 1.06. The summed E-state index contributed by atoms with van der Waals surface area (Å²) in [6, 6.07) is 6.29. The highest BCUT2D eigenvalue weighted by molar-refractivity contribution is 6.21. The molecule has 1 saturated carbocycles. The smallest absolute Gasteiger partial charge is 0.322 e. The topological polar surface area (TPSA) is 94.4 Å². The van der Waals surface area contributed by atoms with E-state index in [4.69, 9.17) is 4.84 Å². The molecule has 0 unspecified atom stereocenters. The van der Waals surface area contributed by atoms with Crippen LogP contribution in [0.5, 0.6) is 0 Å². The zero-order valence-electron chi connectivity index (χ0n) is 12.0. The first-order chi connectivity index (χ1) is 11.1. The third-order valence-corrected chi connectivity index (χ3v) is 3.82. The Hall–Kier alpha value is -3.03. The van der Waals surface area contributed by atoms with Crippen molar-refractivity contribution in [2.45, 2.75) is 19.4 Å². The number of hydrogen-bond acceptors (Lipinski definition) is 6. The molecule has 1 aliphatic carbocycles. The van der Waals surface area contributed by atoms with Crippen LogP contribution in [-0.4, -0.2) is 37.8 Å². The second kappa shape index (κ2) is 5.01. The number of aromatic nitrogens is 3. The molecule has 1 fully saturated rings. The van der Waals surface area contributed by atoms with E-state index in [0.717, 1.165) is 12.8 Å². The van der Waals surface area contributed by atoms with Gasteiger partial charge in [-0.1, -0.05) is 22.4 Å². The number of fused-ring (bicyclic) bond motifs is 1. The molecule has 0 N–H and O–H groups in total. The zero-order chi connectivity index (χ0) is 16.0. The lowest BCUT2D eigenvalue weighted by atomic mass is 10.1. The maximum atomic E-state index is 12.1. The van der Waals surface area contributed by atoms with Gasteiger partial charge in [0.2, 0.25) is 0 Å². The average molecular weight is 312 g/mol. The number of imide groups is 1. The summed E-state index contributed by atoms with van der Waals surface area (Å²) in [7, 11) is 0. The summed E-state index contributed by atoms with van der Waals surface area (Å²) in [5.74, 6) is -1.63. The highest BCUT2D eigenvalue weighted by Gasteiger charge is 2.39. The van der Waals surface area contributed by atoms with Gasteiger partial charge in [0.05, 0.1) is 17.3 Å². The van der Waals surface area contributed by atoms with Gasteiger partial charge in [0.25, 0.3) is 11.8 Å². The molecule has 1 aliphatic heterocycles. The van der Waals surface area contributed by atoms with Gasteiger partial charge in [-0.15, -0.1) is 5.10 Å². The lowest BCUT2D eigenvalue weighted by Crippen LogP contribution is -2.32. The molecular weight excluding hydrogens is 300 g/mol. The number of benzene rings is 1. The van der Waals surface area contributed by atoms with E-state index in [9.17, 15) is 14.4 Å². The molecule has 116 valence electrons. The molecule has 23 heavy (non-hydrogen) atoms. The SMILES string of the molecule is O=C(ON1C(=O)c2ccccc2C1=O)c1cn(CC2CC2)nn1. The Labute approximate surface area is 130 Å². The highest BCUT2D eigenvalue weighted by Crippen LogP contribution is 2.30. The number of amides is 2. The van der Waals surface area contributed by atoms with E-state index in [-0.39, 0.29) is 16.8 Å². The van der Waals surface area contributed by atoms with E-state index in [2.05, 4.69) is 10.3 Å². The van der Waals surface area contributed by atoms with Crippen LogP contribution in [-0.2, 0) is 11.4 Å². The number of carbonyl (C=O) groups is 3. The summed E-state index contributed by atoms with van der Waals surface area (Å²) in [5, 5.41) is 8.04. The first-order valence-corrected chi connectivity index (χ1v) is 7.24. The summed E-state index contributed by atoms with van der Waals surface area (Å²) in [5.41, 5.74) is 0.382. The monoisotopic (exact) mass is 312 g/mol. The number of hydrogen-bond donors (Lipinski definition) is 0. The van der Waals surface area contributed by atoms with E-state index in [1.54, 1.807) is 16.8 Å². The molecule has 1 aromatic heterocycles. The standard InChI is InChI=1S/C15H12N4O4/c20-13-10-3-1-2-4-11(10)14(21)19(13)23-15(22)12-8-18(17-16-12)7-9-5-6-9/h1-4,8-9H,5-7H2. The number of hydroxylamine groups is 2. The minimum Gasteiger partial charge on any atom is -0.322 e. The molecule has 2 heterocycles. The van der Waals surface area contributed by atoms with Crippen LogP contribution < -0.4 is 0 Å². The minimum absolute atomic E-state index is 0.0396. The van der Waals surface area contributed by atoms with Crippen LogP contribution in [0.1, 0.15) is 44.0 Å². The van der Waals surface area contributed by atoms with Crippen molar-refractivity contribution in [3.05, 3.63) is 47.3 Å². The van der Waals surface area contributed by atoms with Gasteiger partial charge >= 0.3 is 5.97 Å². The van der Waals surface area contributed by atoms with Crippen molar-refractivity contribution in [2.24, 2.45) is 5.92 Å². The molecule has 0 atom stereocenters. The molecule has 0 radical (unpaired) electrons. The largest absolute Gasteiger partial charge is 0.385 e. The molecule has 0 bridgehead atoms. The lowest BCUT2D eigenvalue weighted by molar-refractivity contribution is -0.0588. The van der Waals surface area contributed by atoms with Crippen molar-refractivity contribution in [3.8, 4) is 0 Å². The quantitative estimate of drug-likeness (QED) is 0.783.